The Morgan fingerprint density at radius 3 is 3.03 bits per heavy atom. The van der Waals surface area contributed by atoms with Gasteiger partial charge in [-0.1, -0.05) is 18.2 Å². The van der Waals surface area contributed by atoms with Crippen LogP contribution in [0, 0.1) is 5.92 Å². The van der Waals surface area contributed by atoms with Gasteiger partial charge in [-0.15, -0.1) is 0 Å². The van der Waals surface area contributed by atoms with E-state index in [9.17, 15) is 9.90 Å². The molecule has 4 heterocycles. The monoisotopic (exact) mass is 459 g/mol. The number of aryl methyl sites for hydroxylation is 2. The lowest BCUT2D eigenvalue weighted by Crippen LogP contribution is -2.28. The molecule has 1 saturated heterocycles. The van der Waals surface area contributed by atoms with Crippen molar-refractivity contribution in [3.05, 3.63) is 71.7 Å². The molecule has 34 heavy (non-hydrogen) atoms. The topological polar surface area (TPSA) is 83.3 Å². The number of aromatic nitrogens is 3. The number of nitrogens with zero attached hydrogens (tertiary/aromatic N) is 4. The average Bonchev–Trinajstić information content (AvgIpc) is 3.55. The molecule has 0 radical (unpaired) electrons. The predicted octanol–water partition coefficient (Wildman–Crippen LogP) is 4.14. The summed E-state index contributed by atoms with van der Waals surface area (Å²) >= 11 is 0. The van der Waals surface area contributed by atoms with Crippen LogP contribution in [0.15, 0.2) is 54.9 Å². The first kappa shape index (κ1) is 22.6. The second kappa shape index (κ2) is 10.4. The number of pyridine rings is 1. The van der Waals surface area contributed by atoms with Gasteiger partial charge in [0.25, 0.3) is 0 Å². The van der Waals surface area contributed by atoms with Crippen LogP contribution in [-0.2, 0) is 17.6 Å². The van der Waals surface area contributed by atoms with Crippen molar-refractivity contribution in [2.45, 2.75) is 44.4 Å². The van der Waals surface area contributed by atoms with Crippen LogP contribution in [0.1, 0.15) is 48.4 Å². The van der Waals surface area contributed by atoms with Gasteiger partial charge in [-0.2, -0.15) is 5.10 Å². The Hall–Kier alpha value is -3.19. The number of aliphatic carboxylic acids is 1. The van der Waals surface area contributed by atoms with Crippen LogP contribution in [-0.4, -0.2) is 56.9 Å². The minimum absolute atomic E-state index is 0.0415. The van der Waals surface area contributed by atoms with Gasteiger partial charge in [-0.25, -0.2) is 9.67 Å². The fraction of sp³-hybridized carbons (Fsp3) is 0.444. The van der Waals surface area contributed by atoms with Crippen molar-refractivity contribution >= 4 is 11.8 Å². The SMILES string of the molecule is O=C(O)CC(CN1CC[C@@H](CCc2ccc3c(n2)NCCC3)C1)c1cccc(-n2cccn2)c1. The van der Waals surface area contributed by atoms with Gasteiger partial charge in [0.05, 0.1) is 12.1 Å². The molecule has 2 N–H and O–H groups in total. The highest BCUT2D eigenvalue weighted by molar-refractivity contribution is 5.68. The molecule has 0 spiro atoms. The third kappa shape index (κ3) is 5.47. The van der Waals surface area contributed by atoms with Gasteiger partial charge in [0.2, 0.25) is 0 Å². The van der Waals surface area contributed by atoms with Crippen LogP contribution in [0.2, 0.25) is 0 Å². The second-order valence-electron chi connectivity index (χ2n) is 9.63. The lowest BCUT2D eigenvalue weighted by Gasteiger charge is -2.24. The minimum Gasteiger partial charge on any atom is -0.481 e. The van der Waals surface area contributed by atoms with Gasteiger partial charge in [0.1, 0.15) is 5.82 Å². The van der Waals surface area contributed by atoms with Gasteiger partial charge in [0, 0.05) is 43.6 Å². The van der Waals surface area contributed by atoms with Crippen molar-refractivity contribution in [1.82, 2.24) is 19.7 Å². The summed E-state index contributed by atoms with van der Waals surface area (Å²) < 4.78 is 1.82. The molecular weight excluding hydrogens is 426 g/mol. The van der Waals surface area contributed by atoms with Crippen LogP contribution in [0.25, 0.3) is 5.69 Å². The van der Waals surface area contributed by atoms with E-state index in [1.165, 1.54) is 17.7 Å². The summed E-state index contributed by atoms with van der Waals surface area (Å²) in [7, 11) is 0. The molecule has 2 aromatic heterocycles. The molecule has 0 aliphatic carbocycles. The fourth-order valence-electron chi connectivity index (χ4n) is 5.33. The molecule has 3 aromatic rings. The maximum Gasteiger partial charge on any atom is 0.304 e. The summed E-state index contributed by atoms with van der Waals surface area (Å²) in [6.07, 6.45) is 9.38. The molecule has 7 nitrogen and oxygen atoms in total. The van der Waals surface area contributed by atoms with Crippen LogP contribution in [0.5, 0.6) is 0 Å². The summed E-state index contributed by atoms with van der Waals surface area (Å²) in [5, 5.41) is 17.3. The number of carboxylic acid groups (broad SMARTS) is 1. The van der Waals surface area contributed by atoms with Crippen molar-refractivity contribution in [3.63, 3.8) is 0 Å². The van der Waals surface area contributed by atoms with E-state index < -0.39 is 5.97 Å². The summed E-state index contributed by atoms with van der Waals surface area (Å²) in [6, 6.07) is 14.4. The first-order valence-corrected chi connectivity index (χ1v) is 12.4. The Morgan fingerprint density at radius 2 is 2.18 bits per heavy atom. The van der Waals surface area contributed by atoms with E-state index in [1.54, 1.807) is 6.20 Å². The second-order valence-corrected chi connectivity index (χ2v) is 9.63. The van der Waals surface area contributed by atoms with E-state index in [1.807, 2.05) is 35.1 Å². The van der Waals surface area contributed by atoms with Gasteiger partial charge in [-0.05, 0) is 80.0 Å². The van der Waals surface area contributed by atoms with Crippen LogP contribution in [0.3, 0.4) is 0 Å². The molecule has 1 fully saturated rings. The van der Waals surface area contributed by atoms with Crippen molar-refractivity contribution < 1.29 is 9.90 Å². The molecule has 178 valence electrons. The molecule has 0 amide bonds. The zero-order chi connectivity index (χ0) is 23.3. The standard InChI is InChI=1S/C27H33N5O2/c33-26(34)17-23(22-4-1-6-25(16-22)32-14-3-13-29-32)19-31-15-11-20(18-31)7-9-24-10-8-21-5-2-12-28-27(21)30-24/h1,3-4,6,8,10,13-14,16,20,23H,2,5,7,9,11-12,15,17-19H2,(H,28,30)(H,33,34)/t20-,23?/m1/s1. The highest BCUT2D eigenvalue weighted by Gasteiger charge is 2.27. The van der Waals surface area contributed by atoms with Gasteiger partial charge in [0.15, 0.2) is 0 Å². The third-order valence-electron chi connectivity index (χ3n) is 7.14. The largest absolute Gasteiger partial charge is 0.481 e. The van der Waals surface area contributed by atoms with E-state index in [-0.39, 0.29) is 12.3 Å². The van der Waals surface area contributed by atoms with E-state index >= 15 is 0 Å². The van der Waals surface area contributed by atoms with Gasteiger partial charge < -0.3 is 15.3 Å². The van der Waals surface area contributed by atoms with Gasteiger partial charge >= 0.3 is 5.97 Å². The molecule has 5 rings (SSSR count). The number of likely N-dealkylation sites (tertiary alicyclic amines) is 1. The Balaban J connectivity index is 1.19. The van der Waals surface area contributed by atoms with Crippen molar-refractivity contribution in [2.24, 2.45) is 5.92 Å². The number of anilines is 1. The lowest BCUT2D eigenvalue weighted by atomic mass is 9.94. The zero-order valence-corrected chi connectivity index (χ0v) is 19.6. The Labute approximate surface area is 200 Å². The maximum atomic E-state index is 11.6. The quantitative estimate of drug-likeness (QED) is 0.500. The Kier molecular flexibility index (Phi) is 6.90. The molecule has 2 aliphatic heterocycles. The average molecular weight is 460 g/mol. The van der Waals surface area contributed by atoms with Crippen molar-refractivity contribution in [1.29, 1.82) is 0 Å². The molecular formula is C27H33N5O2. The minimum atomic E-state index is -0.752. The summed E-state index contributed by atoms with van der Waals surface area (Å²) in [4.78, 5) is 18.9. The Bertz CT molecular complexity index is 1110. The first-order valence-electron chi connectivity index (χ1n) is 12.4. The normalized spacial score (nSPS) is 18.9. The number of carbonyl (C=O) groups is 1. The number of nitrogens with one attached hydrogen (secondary N) is 1. The van der Waals surface area contributed by atoms with Gasteiger partial charge in [-0.3, -0.25) is 4.79 Å². The molecule has 1 aromatic carbocycles. The fourth-order valence-corrected chi connectivity index (χ4v) is 5.33. The molecule has 0 saturated carbocycles. The first-order chi connectivity index (χ1) is 16.6. The maximum absolute atomic E-state index is 11.6. The highest BCUT2D eigenvalue weighted by Crippen LogP contribution is 2.28. The van der Waals surface area contributed by atoms with Crippen LogP contribution < -0.4 is 5.32 Å². The van der Waals surface area contributed by atoms with Crippen LogP contribution in [0.4, 0.5) is 5.82 Å². The zero-order valence-electron chi connectivity index (χ0n) is 19.6. The van der Waals surface area contributed by atoms with E-state index in [0.29, 0.717) is 5.92 Å². The molecule has 2 atom stereocenters. The predicted molar refractivity (Wildman–Crippen MR) is 132 cm³/mol. The summed E-state index contributed by atoms with van der Waals surface area (Å²) in [5.74, 6) is 0.912. The Morgan fingerprint density at radius 1 is 1.24 bits per heavy atom. The van der Waals surface area contributed by atoms with Crippen molar-refractivity contribution in [2.75, 3.05) is 31.5 Å². The third-order valence-corrected chi connectivity index (χ3v) is 7.14. The van der Waals surface area contributed by atoms with E-state index in [2.05, 4.69) is 33.5 Å². The summed E-state index contributed by atoms with van der Waals surface area (Å²) in [5.41, 5.74) is 4.53. The number of hydrogen-bond acceptors (Lipinski definition) is 5. The smallest absolute Gasteiger partial charge is 0.304 e. The van der Waals surface area contributed by atoms with E-state index in [4.69, 9.17) is 4.98 Å². The number of carboxylic acids is 1. The number of rotatable bonds is 9. The summed E-state index contributed by atoms with van der Waals surface area (Å²) in [6.45, 7) is 3.84. The van der Waals surface area contributed by atoms with E-state index in [0.717, 1.165) is 68.9 Å². The molecule has 1 unspecified atom stereocenters. The number of fused-ring (bicyclic) bond motifs is 1. The molecule has 7 heteroatoms. The molecule has 0 bridgehead atoms. The highest BCUT2D eigenvalue weighted by atomic mass is 16.4. The number of hydrogen-bond donors (Lipinski definition) is 2. The lowest BCUT2D eigenvalue weighted by molar-refractivity contribution is -0.137. The van der Waals surface area contributed by atoms with Crippen LogP contribution >= 0.6 is 0 Å². The molecule has 2 aliphatic rings. The van der Waals surface area contributed by atoms with Crippen molar-refractivity contribution in [3.8, 4) is 5.69 Å². The number of benzene rings is 1.